The molecule has 2 nitrogen and oxygen atoms in total. The molecule has 0 saturated heterocycles. The van der Waals surface area contributed by atoms with E-state index in [0.717, 1.165) is 13.0 Å². The number of carbonyl (C=O) groups excluding carboxylic acids is 1. The summed E-state index contributed by atoms with van der Waals surface area (Å²) in [5, 5.41) is 0.649. The first-order valence-electron chi connectivity index (χ1n) is 9.32. The number of benzene rings is 3. The van der Waals surface area contributed by atoms with Crippen LogP contribution in [0.5, 0.6) is 0 Å². The summed E-state index contributed by atoms with van der Waals surface area (Å²) in [5.74, 6) is 0.144. The Morgan fingerprint density at radius 3 is 2.59 bits per heavy atom. The van der Waals surface area contributed by atoms with Gasteiger partial charge in [-0.3, -0.25) is 4.79 Å². The molecule has 0 aromatic heterocycles. The molecule has 0 fully saturated rings. The van der Waals surface area contributed by atoms with Gasteiger partial charge in [-0.05, 0) is 66.4 Å². The molecule has 0 spiro atoms. The predicted molar refractivity (Wildman–Crippen MR) is 112 cm³/mol. The van der Waals surface area contributed by atoms with E-state index in [1.807, 2.05) is 12.1 Å². The molecular weight excluding hydrogens is 354 g/mol. The number of nitrogens with zero attached hydrogens (tertiary/aromatic N) is 1. The fraction of sp³-hybridized carbons (Fsp3) is 0.208. The fourth-order valence-corrected chi connectivity index (χ4v) is 4.04. The van der Waals surface area contributed by atoms with Crippen LogP contribution in [0, 0.1) is 6.92 Å². The maximum absolute atomic E-state index is 13.0. The lowest BCUT2D eigenvalue weighted by Gasteiger charge is -2.39. The van der Waals surface area contributed by atoms with Crippen molar-refractivity contribution in [2.24, 2.45) is 0 Å². The van der Waals surface area contributed by atoms with Gasteiger partial charge < -0.3 is 4.90 Å². The number of rotatable bonds is 4. The summed E-state index contributed by atoms with van der Waals surface area (Å²) in [4.78, 5) is 15.4. The summed E-state index contributed by atoms with van der Waals surface area (Å²) in [6, 6.07) is 24.3. The van der Waals surface area contributed by atoms with Gasteiger partial charge in [0.05, 0.1) is 6.04 Å². The van der Waals surface area contributed by atoms with Gasteiger partial charge in [-0.1, -0.05) is 48.0 Å². The number of ketones is 1. The number of anilines is 1. The highest BCUT2D eigenvalue weighted by molar-refractivity contribution is 6.30. The quantitative estimate of drug-likeness (QED) is 0.519. The number of hydrogen-bond donors (Lipinski definition) is 0. The third-order valence-corrected chi connectivity index (χ3v) is 5.54. The number of fused-ring (bicyclic) bond motifs is 1. The first-order valence-corrected chi connectivity index (χ1v) is 9.69. The van der Waals surface area contributed by atoms with Gasteiger partial charge in [0.15, 0.2) is 5.78 Å². The minimum Gasteiger partial charge on any atom is -0.364 e. The van der Waals surface area contributed by atoms with Gasteiger partial charge in [0.1, 0.15) is 0 Å². The van der Waals surface area contributed by atoms with Crippen LogP contribution < -0.4 is 4.90 Å². The van der Waals surface area contributed by atoms with Crippen LogP contribution in [-0.2, 0) is 6.42 Å². The molecule has 0 bridgehead atoms. The van der Waals surface area contributed by atoms with Gasteiger partial charge in [-0.25, -0.2) is 0 Å². The second kappa shape index (κ2) is 7.58. The number of hydrogen-bond acceptors (Lipinski definition) is 2. The summed E-state index contributed by atoms with van der Waals surface area (Å²) in [6.07, 6.45) is 1.45. The summed E-state index contributed by atoms with van der Waals surface area (Å²) in [6.45, 7) is 3.02. The second-order valence-electron chi connectivity index (χ2n) is 7.13. The number of aryl methyl sites for hydroxylation is 1. The SMILES string of the molecule is Cc1cccc(N2CCc3ccccc3C2CC(=O)c2ccc(Cl)cc2)c1. The van der Waals surface area contributed by atoms with Crippen molar-refractivity contribution >= 4 is 23.1 Å². The molecule has 1 aliphatic heterocycles. The third kappa shape index (κ3) is 3.77. The largest absolute Gasteiger partial charge is 0.364 e. The second-order valence-corrected chi connectivity index (χ2v) is 7.57. The maximum Gasteiger partial charge on any atom is 0.165 e. The Kier molecular flexibility index (Phi) is 5.00. The molecule has 0 N–H and O–H groups in total. The van der Waals surface area contributed by atoms with E-state index in [9.17, 15) is 4.79 Å². The Bertz CT molecular complexity index is 964. The van der Waals surface area contributed by atoms with Crippen molar-refractivity contribution in [1.82, 2.24) is 0 Å². The van der Waals surface area contributed by atoms with Gasteiger partial charge >= 0.3 is 0 Å². The van der Waals surface area contributed by atoms with Crippen molar-refractivity contribution in [3.8, 4) is 0 Å². The molecule has 1 heterocycles. The first kappa shape index (κ1) is 17.8. The number of halogens is 1. The predicted octanol–water partition coefficient (Wildman–Crippen LogP) is 6.03. The maximum atomic E-state index is 13.0. The van der Waals surface area contributed by atoms with Crippen molar-refractivity contribution in [2.75, 3.05) is 11.4 Å². The van der Waals surface area contributed by atoms with E-state index < -0.39 is 0 Å². The Hall–Kier alpha value is -2.58. The van der Waals surface area contributed by atoms with E-state index >= 15 is 0 Å². The highest BCUT2D eigenvalue weighted by atomic mass is 35.5. The molecular formula is C24H22ClNO. The van der Waals surface area contributed by atoms with Crippen LogP contribution in [0.1, 0.15) is 39.5 Å². The molecule has 0 amide bonds. The van der Waals surface area contributed by atoms with Crippen molar-refractivity contribution in [3.05, 3.63) is 100 Å². The molecule has 136 valence electrons. The van der Waals surface area contributed by atoms with Crippen molar-refractivity contribution in [3.63, 3.8) is 0 Å². The van der Waals surface area contributed by atoms with Gasteiger partial charge in [-0.2, -0.15) is 0 Å². The Morgan fingerprint density at radius 2 is 1.81 bits per heavy atom. The van der Waals surface area contributed by atoms with Crippen molar-refractivity contribution < 1.29 is 4.79 Å². The molecule has 0 aliphatic carbocycles. The summed E-state index contributed by atoms with van der Waals surface area (Å²) in [5.41, 5.74) is 5.72. The fourth-order valence-electron chi connectivity index (χ4n) is 3.92. The average molecular weight is 376 g/mol. The zero-order chi connectivity index (χ0) is 18.8. The monoisotopic (exact) mass is 375 g/mol. The summed E-state index contributed by atoms with van der Waals surface area (Å²) >= 11 is 5.97. The van der Waals surface area contributed by atoms with Crippen molar-refractivity contribution in [1.29, 1.82) is 0 Å². The molecule has 3 aromatic rings. The smallest absolute Gasteiger partial charge is 0.165 e. The number of carbonyl (C=O) groups is 1. The minimum atomic E-state index is 0.0416. The number of Topliss-reactive ketones (excluding diaryl/α,β-unsaturated/α-hetero) is 1. The third-order valence-electron chi connectivity index (χ3n) is 5.29. The van der Waals surface area contributed by atoms with Crippen LogP contribution in [0.4, 0.5) is 5.69 Å². The molecule has 1 unspecified atom stereocenters. The Balaban J connectivity index is 1.70. The molecule has 1 aliphatic rings. The molecule has 27 heavy (non-hydrogen) atoms. The normalized spacial score (nSPS) is 16.1. The highest BCUT2D eigenvalue weighted by Gasteiger charge is 2.29. The minimum absolute atomic E-state index is 0.0416. The first-order chi connectivity index (χ1) is 13.1. The van der Waals surface area contributed by atoms with E-state index in [4.69, 9.17) is 11.6 Å². The highest BCUT2D eigenvalue weighted by Crippen LogP contribution is 2.37. The topological polar surface area (TPSA) is 20.3 Å². The van der Waals surface area contributed by atoms with Crippen molar-refractivity contribution in [2.45, 2.75) is 25.8 Å². The van der Waals surface area contributed by atoms with Gasteiger partial charge in [0, 0.05) is 29.2 Å². The summed E-state index contributed by atoms with van der Waals surface area (Å²) < 4.78 is 0. The average Bonchev–Trinajstić information content (AvgIpc) is 2.68. The van der Waals surface area contributed by atoms with Crippen LogP contribution in [0.2, 0.25) is 5.02 Å². The zero-order valence-electron chi connectivity index (χ0n) is 15.4. The van der Waals surface area contributed by atoms with E-state index in [1.165, 1.54) is 22.4 Å². The summed E-state index contributed by atoms with van der Waals surface area (Å²) in [7, 11) is 0. The molecule has 3 heteroatoms. The van der Waals surface area contributed by atoms with Crippen LogP contribution >= 0.6 is 11.6 Å². The molecule has 4 rings (SSSR count). The van der Waals surface area contributed by atoms with E-state index in [0.29, 0.717) is 17.0 Å². The van der Waals surface area contributed by atoms with Crippen LogP contribution in [0.15, 0.2) is 72.8 Å². The van der Waals surface area contributed by atoms with Gasteiger partial charge in [0.2, 0.25) is 0 Å². The van der Waals surface area contributed by atoms with E-state index in [1.54, 1.807) is 12.1 Å². The lowest BCUT2D eigenvalue weighted by Crippen LogP contribution is -2.36. The molecule has 3 aromatic carbocycles. The molecule has 0 radical (unpaired) electrons. The molecule has 1 atom stereocenters. The lowest BCUT2D eigenvalue weighted by molar-refractivity contribution is 0.0972. The molecule has 0 saturated carbocycles. The van der Waals surface area contributed by atoms with E-state index in [2.05, 4.69) is 60.4 Å². The van der Waals surface area contributed by atoms with Gasteiger partial charge in [0.25, 0.3) is 0 Å². The van der Waals surface area contributed by atoms with Crippen LogP contribution in [0.3, 0.4) is 0 Å². The Labute approximate surface area is 165 Å². The Morgan fingerprint density at radius 1 is 1.04 bits per heavy atom. The van der Waals surface area contributed by atoms with Gasteiger partial charge in [-0.15, -0.1) is 0 Å². The van der Waals surface area contributed by atoms with Crippen LogP contribution in [-0.4, -0.2) is 12.3 Å². The van der Waals surface area contributed by atoms with Crippen LogP contribution in [0.25, 0.3) is 0 Å². The zero-order valence-corrected chi connectivity index (χ0v) is 16.1. The van der Waals surface area contributed by atoms with E-state index in [-0.39, 0.29) is 11.8 Å². The lowest BCUT2D eigenvalue weighted by atomic mass is 9.88. The standard InChI is InChI=1S/C24H22ClNO/c1-17-5-4-7-21(15-17)26-14-13-18-6-2-3-8-22(18)23(26)16-24(27)19-9-11-20(25)12-10-19/h2-12,15,23H,13-14,16H2,1H3.